The fourth-order valence-electron chi connectivity index (χ4n) is 4.62. The molecule has 0 N–H and O–H groups in total. The van der Waals surface area contributed by atoms with E-state index in [2.05, 4.69) is 74.1 Å². The maximum Gasteiger partial charge on any atom is 0.352 e. The Morgan fingerprint density at radius 3 is 2.00 bits per heavy atom. The van der Waals surface area contributed by atoms with Gasteiger partial charge in [0, 0.05) is 5.56 Å². The molecule has 1 heterocycles. The largest absolute Gasteiger partial charge is 0.532 e. The van der Waals surface area contributed by atoms with E-state index in [9.17, 15) is 0 Å². The molecule has 39 heavy (non-hydrogen) atoms. The van der Waals surface area contributed by atoms with Gasteiger partial charge in [-0.1, -0.05) is 127 Å². The fourth-order valence-corrected chi connectivity index (χ4v) is 6.57. The van der Waals surface area contributed by atoms with E-state index in [1.807, 2.05) is 42.5 Å². The molecule has 0 amide bonds. The van der Waals surface area contributed by atoms with E-state index in [1.54, 1.807) is 6.20 Å². The van der Waals surface area contributed by atoms with Gasteiger partial charge in [0.15, 0.2) is 0 Å². The lowest BCUT2D eigenvalue weighted by molar-refractivity contribution is 0.540. The van der Waals surface area contributed by atoms with Crippen LogP contribution in [0.25, 0.3) is 11.3 Å². The number of halogens is 1. The topological polar surface area (TPSA) is 35.0 Å². The molecule has 4 rings (SSSR count). The van der Waals surface area contributed by atoms with E-state index in [0.29, 0.717) is 23.6 Å². The number of hydrogen-bond acceptors (Lipinski definition) is 3. The molecule has 3 aromatic carbocycles. The Bertz CT molecular complexity index is 1280. The molecular weight excluding hydrogens is 499 g/mol. The van der Waals surface area contributed by atoms with E-state index in [4.69, 9.17) is 4.43 Å². The molecule has 5 heteroatoms. The van der Waals surface area contributed by atoms with Gasteiger partial charge in [-0.05, 0) is 46.3 Å². The molecule has 0 saturated heterocycles. The van der Waals surface area contributed by atoms with Crippen molar-refractivity contribution >= 4 is 19.4 Å². The molecule has 4 aromatic rings. The summed E-state index contributed by atoms with van der Waals surface area (Å²) in [6, 6.07) is 26.9. The van der Waals surface area contributed by atoms with E-state index >= 15 is 4.39 Å². The third-order valence-corrected chi connectivity index (χ3v) is 9.11. The number of unbranched alkanes of at least 4 members (excludes halogenated alkanes) is 5. The average Bonchev–Trinajstić information content (AvgIpc) is 2.94. The summed E-state index contributed by atoms with van der Waals surface area (Å²) >= 11 is 0. The molecule has 3 nitrogen and oxygen atoms in total. The van der Waals surface area contributed by atoms with Crippen molar-refractivity contribution < 1.29 is 8.82 Å². The third-order valence-electron chi connectivity index (χ3n) is 6.97. The van der Waals surface area contributed by atoms with Gasteiger partial charge in [0.1, 0.15) is 5.75 Å². The van der Waals surface area contributed by atoms with Crippen molar-refractivity contribution in [1.29, 1.82) is 0 Å². The van der Waals surface area contributed by atoms with Crippen LogP contribution in [-0.4, -0.2) is 19.0 Å². The lowest BCUT2D eigenvalue weighted by atomic mass is 9.86. The van der Waals surface area contributed by atoms with Gasteiger partial charge in [-0.25, -0.2) is 4.98 Å². The van der Waals surface area contributed by atoms with Crippen LogP contribution >= 0.6 is 0 Å². The highest BCUT2D eigenvalue weighted by Gasteiger charge is 2.25. The Hall–Kier alpha value is -3.31. The maximum absolute atomic E-state index is 15.2. The van der Waals surface area contributed by atoms with Crippen molar-refractivity contribution in [3.8, 4) is 17.0 Å². The van der Waals surface area contributed by atoms with Gasteiger partial charge in [-0.3, -0.25) is 4.98 Å². The summed E-state index contributed by atoms with van der Waals surface area (Å²) in [5.41, 5.74) is 2.78. The van der Waals surface area contributed by atoms with Gasteiger partial charge in [0.05, 0.1) is 17.6 Å². The third kappa shape index (κ3) is 7.86. The molecule has 0 fully saturated rings. The summed E-state index contributed by atoms with van der Waals surface area (Å²) in [7, 11) is -1.62. The highest BCUT2D eigenvalue weighted by molar-refractivity contribution is 6.80. The first-order chi connectivity index (χ1) is 18.9. The zero-order valence-corrected chi connectivity index (χ0v) is 24.7. The van der Waals surface area contributed by atoms with Crippen molar-refractivity contribution in [3.05, 3.63) is 102 Å². The van der Waals surface area contributed by atoms with Crippen molar-refractivity contribution in [2.24, 2.45) is 0 Å². The summed E-state index contributed by atoms with van der Waals surface area (Å²) in [6.07, 6.45) is 9.27. The molecule has 0 aliphatic heterocycles. The van der Waals surface area contributed by atoms with Crippen LogP contribution in [0.4, 0.5) is 4.39 Å². The van der Waals surface area contributed by atoms with Crippen LogP contribution < -0.4 is 14.8 Å². The van der Waals surface area contributed by atoms with Gasteiger partial charge < -0.3 is 4.43 Å². The predicted octanol–water partition coefficient (Wildman–Crippen LogP) is 7.67. The molecule has 203 valence electrons. The number of aryl methyl sites for hydroxylation is 1. The number of aromatic nitrogens is 2. The van der Waals surface area contributed by atoms with Crippen LogP contribution in [0.3, 0.4) is 0 Å². The second-order valence-corrected chi connectivity index (χ2v) is 13.2. The Kier molecular flexibility index (Phi) is 10.0. The van der Waals surface area contributed by atoms with E-state index in [-0.39, 0.29) is 5.41 Å². The van der Waals surface area contributed by atoms with Crippen LogP contribution in [0.2, 0.25) is 0 Å². The molecule has 0 bridgehead atoms. The number of rotatable bonds is 12. The van der Waals surface area contributed by atoms with Crippen LogP contribution in [0.15, 0.2) is 85.1 Å². The predicted molar refractivity (Wildman–Crippen MR) is 162 cm³/mol. The second kappa shape index (κ2) is 13.7. The minimum atomic E-state index is -1.62. The first kappa shape index (κ1) is 28.7. The Morgan fingerprint density at radius 1 is 0.795 bits per heavy atom. The Balaban J connectivity index is 1.66. The van der Waals surface area contributed by atoms with E-state index in [1.165, 1.54) is 25.7 Å². The van der Waals surface area contributed by atoms with Gasteiger partial charge in [-0.15, -0.1) is 0 Å². The standard InChI is InChI=1S/C34H40FN2OSi/c1-5-6-7-8-9-16-21-30-33(35)37-31(25-36-30)29-23-22-26(34(2,3)4)24-32(29)38-39(27-17-12-10-13-18-27)28-19-14-11-15-20-28/h10-15,17-20,22-25H,5-9,16,21H2,1-4H3. The fraction of sp³-hybridized carbons (Fsp3) is 0.353. The maximum atomic E-state index is 15.2. The number of nitrogens with zero attached hydrogens (tertiary/aromatic N) is 2. The summed E-state index contributed by atoms with van der Waals surface area (Å²) in [5, 5.41) is 2.29. The molecule has 1 radical (unpaired) electrons. The second-order valence-electron chi connectivity index (χ2n) is 11.1. The highest BCUT2D eigenvalue weighted by Crippen LogP contribution is 2.34. The van der Waals surface area contributed by atoms with E-state index < -0.39 is 15.0 Å². The SMILES string of the molecule is CCCCCCCCc1ncc(-c2ccc(C(C)(C)C)cc2O[Si](c2ccccc2)c2ccccc2)nc1F. The summed E-state index contributed by atoms with van der Waals surface area (Å²) in [4.78, 5) is 8.89. The Morgan fingerprint density at radius 2 is 1.41 bits per heavy atom. The molecule has 0 aliphatic carbocycles. The molecule has 0 spiro atoms. The van der Waals surface area contributed by atoms with Crippen LogP contribution in [0.5, 0.6) is 5.75 Å². The molecule has 0 aliphatic rings. The van der Waals surface area contributed by atoms with Gasteiger partial charge >= 0.3 is 9.04 Å². The van der Waals surface area contributed by atoms with Crippen molar-refractivity contribution in [1.82, 2.24) is 9.97 Å². The average molecular weight is 540 g/mol. The van der Waals surface area contributed by atoms with E-state index in [0.717, 1.165) is 34.3 Å². The van der Waals surface area contributed by atoms with Gasteiger partial charge in [0.25, 0.3) is 0 Å². The zero-order valence-electron chi connectivity index (χ0n) is 23.7. The number of hydrogen-bond donors (Lipinski definition) is 0. The van der Waals surface area contributed by atoms with Crippen LogP contribution in [-0.2, 0) is 11.8 Å². The molecule has 0 unspecified atom stereocenters. The van der Waals surface area contributed by atoms with Gasteiger partial charge in [0.2, 0.25) is 5.95 Å². The van der Waals surface area contributed by atoms with Crippen molar-refractivity contribution in [3.63, 3.8) is 0 Å². The van der Waals surface area contributed by atoms with Crippen LogP contribution in [0, 0.1) is 5.95 Å². The van der Waals surface area contributed by atoms with Gasteiger partial charge in [-0.2, -0.15) is 4.39 Å². The minimum absolute atomic E-state index is 0.0685. The lowest BCUT2D eigenvalue weighted by Gasteiger charge is -2.24. The smallest absolute Gasteiger partial charge is 0.352 e. The monoisotopic (exact) mass is 539 g/mol. The summed E-state index contributed by atoms with van der Waals surface area (Å²) < 4.78 is 22.1. The minimum Gasteiger partial charge on any atom is -0.532 e. The summed E-state index contributed by atoms with van der Waals surface area (Å²) in [6.45, 7) is 8.76. The normalized spacial score (nSPS) is 11.6. The summed E-state index contributed by atoms with van der Waals surface area (Å²) in [5.74, 6) is 0.227. The quantitative estimate of drug-likeness (QED) is 0.137. The first-order valence-electron chi connectivity index (χ1n) is 14.2. The molecule has 0 saturated carbocycles. The molecular formula is C34H40FN2OSi. The molecule has 0 atom stereocenters. The van der Waals surface area contributed by atoms with Crippen LogP contribution in [0.1, 0.15) is 77.5 Å². The van der Waals surface area contributed by atoms with Crippen molar-refractivity contribution in [2.75, 3.05) is 0 Å². The lowest BCUT2D eigenvalue weighted by Crippen LogP contribution is -2.47. The Labute approximate surface area is 235 Å². The van der Waals surface area contributed by atoms with Crippen molar-refractivity contribution in [2.45, 2.75) is 78.1 Å². The molecule has 1 aromatic heterocycles. The number of benzene rings is 3. The highest BCUT2D eigenvalue weighted by atomic mass is 28.3. The zero-order chi connectivity index (χ0) is 27.7. The first-order valence-corrected chi connectivity index (χ1v) is 15.6.